The van der Waals surface area contributed by atoms with Gasteiger partial charge in [0.25, 0.3) is 0 Å². The van der Waals surface area contributed by atoms with Crippen LogP contribution in [0, 0.1) is 17.2 Å². The molecule has 0 saturated carbocycles. The van der Waals surface area contributed by atoms with Crippen LogP contribution in [0.15, 0.2) is 24.3 Å². The minimum atomic E-state index is 0.0480. The van der Waals surface area contributed by atoms with Gasteiger partial charge in [-0.25, -0.2) is 0 Å². The van der Waals surface area contributed by atoms with Crippen molar-refractivity contribution in [1.29, 1.82) is 5.41 Å². The van der Waals surface area contributed by atoms with Crippen molar-refractivity contribution in [1.82, 2.24) is 5.32 Å². The summed E-state index contributed by atoms with van der Waals surface area (Å²) < 4.78 is 0. The maximum Gasteiger partial charge on any atom is 0.185 e. The molecule has 0 aliphatic carbocycles. The van der Waals surface area contributed by atoms with Crippen LogP contribution >= 0.6 is 0 Å². The fourth-order valence-corrected chi connectivity index (χ4v) is 2.74. The fraction of sp³-hybridized carbons (Fsp3) is 0.588. The Morgan fingerprint density at radius 3 is 2.38 bits per heavy atom. The molecule has 0 saturated heterocycles. The monoisotopic (exact) mass is 291 g/mol. The van der Waals surface area contributed by atoms with Crippen LogP contribution in [-0.2, 0) is 0 Å². The van der Waals surface area contributed by atoms with Crippen molar-refractivity contribution in [2.24, 2.45) is 17.6 Å². The normalized spacial score (nSPS) is 13.9. The molecule has 0 fully saturated rings. The zero-order valence-corrected chi connectivity index (χ0v) is 13.4. The number of guanidine groups is 1. The van der Waals surface area contributed by atoms with Gasteiger partial charge in [0.05, 0.1) is 0 Å². The minimum Gasteiger partial charge on any atom is -0.508 e. The number of benzene rings is 1. The van der Waals surface area contributed by atoms with Gasteiger partial charge < -0.3 is 16.2 Å². The van der Waals surface area contributed by atoms with Crippen LogP contribution in [0.4, 0.5) is 0 Å². The molecule has 1 aromatic rings. The number of hydrogen-bond acceptors (Lipinski definition) is 2. The third-order valence-corrected chi connectivity index (χ3v) is 3.97. The van der Waals surface area contributed by atoms with Gasteiger partial charge >= 0.3 is 0 Å². The van der Waals surface area contributed by atoms with E-state index in [4.69, 9.17) is 11.1 Å². The molecule has 0 heterocycles. The molecule has 0 aliphatic rings. The lowest BCUT2D eigenvalue weighted by atomic mass is 9.80. The van der Waals surface area contributed by atoms with Crippen molar-refractivity contribution < 1.29 is 5.11 Å². The number of aromatic hydroxyl groups is 1. The Morgan fingerprint density at radius 2 is 1.86 bits per heavy atom. The Hall–Kier alpha value is -1.71. The third kappa shape index (κ3) is 6.52. The SMILES string of the molecule is CC(CCCNC(=N)N)CC(c1ccc(O)cc1)C(C)C. The molecule has 0 aromatic heterocycles. The summed E-state index contributed by atoms with van der Waals surface area (Å²) in [6.45, 7) is 7.55. The summed E-state index contributed by atoms with van der Waals surface area (Å²) in [6, 6.07) is 7.60. The van der Waals surface area contributed by atoms with Crippen molar-refractivity contribution in [2.45, 2.75) is 46.0 Å². The Morgan fingerprint density at radius 1 is 1.24 bits per heavy atom. The molecule has 2 unspecified atom stereocenters. The summed E-state index contributed by atoms with van der Waals surface area (Å²) in [6.07, 6.45) is 3.30. The van der Waals surface area contributed by atoms with Crippen LogP contribution in [0.25, 0.3) is 0 Å². The first-order valence-electron chi connectivity index (χ1n) is 7.77. The molecule has 0 radical (unpaired) electrons. The molecular formula is C17H29N3O. The number of nitrogens with one attached hydrogen (secondary N) is 2. The highest BCUT2D eigenvalue weighted by atomic mass is 16.3. The molecule has 21 heavy (non-hydrogen) atoms. The van der Waals surface area contributed by atoms with Crippen molar-refractivity contribution in [2.75, 3.05) is 6.54 Å². The van der Waals surface area contributed by atoms with Gasteiger partial charge in [-0.15, -0.1) is 0 Å². The zero-order valence-electron chi connectivity index (χ0n) is 13.4. The second kappa shape index (κ2) is 8.55. The molecule has 4 nitrogen and oxygen atoms in total. The second-order valence-corrected chi connectivity index (χ2v) is 6.27. The van der Waals surface area contributed by atoms with Gasteiger partial charge in [-0.2, -0.15) is 0 Å². The van der Waals surface area contributed by atoms with Crippen LogP contribution in [0.1, 0.15) is 51.5 Å². The minimum absolute atomic E-state index is 0.0480. The van der Waals surface area contributed by atoms with E-state index in [2.05, 4.69) is 26.1 Å². The highest BCUT2D eigenvalue weighted by molar-refractivity contribution is 5.74. The zero-order chi connectivity index (χ0) is 15.8. The van der Waals surface area contributed by atoms with Crippen LogP contribution in [0.5, 0.6) is 5.75 Å². The van der Waals surface area contributed by atoms with E-state index in [9.17, 15) is 5.11 Å². The van der Waals surface area contributed by atoms with Gasteiger partial charge in [-0.05, 0) is 54.7 Å². The highest BCUT2D eigenvalue weighted by Crippen LogP contribution is 2.33. The first-order valence-corrected chi connectivity index (χ1v) is 7.77. The quantitative estimate of drug-likeness (QED) is 0.336. The Balaban J connectivity index is 2.50. The number of nitrogens with two attached hydrogens (primary N) is 1. The summed E-state index contributed by atoms with van der Waals surface area (Å²) in [4.78, 5) is 0. The molecular weight excluding hydrogens is 262 g/mol. The topological polar surface area (TPSA) is 82.1 Å². The van der Waals surface area contributed by atoms with E-state index in [-0.39, 0.29) is 5.96 Å². The summed E-state index contributed by atoms with van der Waals surface area (Å²) in [5, 5.41) is 19.4. The van der Waals surface area contributed by atoms with E-state index in [1.54, 1.807) is 12.1 Å². The highest BCUT2D eigenvalue weighted by Gasteiger charge is 2.18. The Bertz CT molecular complexity index is 428. The lowest BCUT2D eigenvalue weighted by Crippen LogP contribution is -2.31. The van der Waals surface area contributed by atoms with Gasteiger partial charge in [-0.1, -0.05) is 32.9 Å². The lowest BCUT2D eigenvalue weighted by molar-refractivity contribution is 0.369. The third-order valence-electron chi connectivity index (χ3n) is 3.97. The molecule has 1 rings (SSSR count). The fourth-order valence-electron chi connectivity index (χ4n) is 2.74. The standard InChI is InChI=1S/C17H29N3O/c1-12(2)16(14-6-8-15(21)9-7-14)11-13(3)5-4-10-20-17(18)19/h6-9,12-13,16,21H,4-5,10-11H2,1-3H3,(H4,18,19,20). The van der Waals surface area contributed by atoms with E-state index in [0.717, 1.165) is 25.8 Å². The summed E-state index contributed by atoms with van der Waals surface area (Å²) in [7, 11) is 0. The summed E-state index contributed by atoms with van der Waals surface area (Å²) in [5.41, 5.74) is 6.57. The molecule has 2 atom stereocenters. The van der Waals surface area contributed by atoms with Crippen LogP contribution < -0.4 is 11.1 Å². The number of hydrogen-bond donors (Lipinski definition) is 4. The van der Waals surface area contributed by atoms with Crippen molar-refractivity contribution in [3.05, 3.63) is 29.8 Å². The van der Waals surface area contributed by atoms with Gasteiger partial charge in [0.1, 0.15) is 5.75 Å². The summed E-state index contributed by atoms with van der Waals surface area (Å²) in [5.74, 6) is 2.09. The molecule has 1 aromatic carbocycles. The van der Waals surface area contributed by atoms with Gasteiger partial charge in [0.15, 0.2) is 5.96 Å². The van der Waals surface area contributed by atoms with Crippen LogP contribution in [0.3, 0.4) is 0 Å². The van der Waals surface area contributed by atoms with Crippen molar-refractivity contribution in [3.63, 3.8) is 0 Å². The van der Waals surface area contributed by atoms with Crippen LogP contribution in [-0.4, -0.2) is 17.6 Å². The molecule has 4 heteroatoms. The molecule has 0 amide bonds. The number of phenols is 1. The van der Waals surface area contributed by atoms with Crippen LogP contribution in [0.2, 0.25) is 0 Å². The number of rotatable bonds is 8. The average molecular weight is 291 g/mol. The number of phenolic OH excluding ortho intramolecular Hbond substituents is 1. The first kappa shape index (κ1) is 17.3. The maximum absolute atomic E-state index is 9.41. The van der Waals surface area contributed by atoms with Gasteiger partial charge in [-0.3, -0.25) is 5.41 Å². The average Bonchev–Trinajstić information content (AvgIpc) is 2.41. The van der Waals surface area contributed by atoms with E-state index < -0.39 is 0 Å². The van der Waals surface area contributed by atoms with Crippen molar-refractivity contribution in [3.8, 4) is 5.75 Å². The van der Waals surface area contributed by atoms with E-state index in [0.29, 0.717) is 23.5 Å². The Kier molecular flexibility index (Phi) is 7.06. The first-order chi connectivity index (χ1) is 9.90. The molecule has 0 bridgehead atoms. The van der Waals surface area contributed by atoms with E-state index in [1.807, 2.05) is 12.1 Å². The molecule has 0 aliphatic heterocycles. The predicted molar refractivity (Wildman–Crippen MR) is 88.6 cm³/mol. The van der Waals surface area contributed by atoms with Gasteiger partial charge in [0.2, 0.25) is 0 Å². The predicted octanol–water partition coefficient (Wildman–Crippen LogP) is 3.42. The summed E-state index contributed by atoms with van der Waals surface area (Å²) >= 11 is 0. The Labute approximate surface area is 128 Å². The lowest BCUT2D eigenvalue weighted by Gasteiger charge is -2.25. The smallest absolute Gasteiger partial charge is 0.185 e. The maximum atomic E-state index is 9.41. The second-order valence-electron chi connectivity index (χ2n) is 6.27. The largest absolute Gasteiger partial charge is 0.508 e. The molecule has 0 spiro atoms. The van der Waals surface area contributed by atoms with E-state index >= 15 is 0 Å². The van der Waals surface area contributed by atoms with Gasteiger partial charge in [0, 0.05) is 6.54 Å². The molecule has 118 valence electrons. The van der Waals surface area contributed by atoms with Crippen molar-refractivity contribution >= 4 is 5.96 Å². The van der Waals surface area contributed by atoms with E-state index in [1.165, 1.54) is 5.56 Å². The molecule has 5 N–H and O–H groups in total.